The molecule has 0 saturated carbocycles. The monoisotopic (exact) mass is 523 g/mol. The molecule has 2 aliphatic heterocycles. The maximum atomic E-state index is 13.4. The van der Waals surface area contributed by atoms with Gasteiger partial charge in [-0.15, -0.1) is 11.3 Å². The molecule has 196 valence electrons. The molecule has 1 N–H and O–H groups in total. The molecular formula is C27H33N5O4S. The predicted octanol–water partition coefficient (Wildman–Crippen LogP) is 3.58. The number of ether oxygens (including phenoxy) is 1. The summed E-state index contributed by atoms with van der Waals surface area (Å²) in [5.41, 5.74) is 2.47. The molecule has 2 aliphatic rings. The summed E-state index contributed by atoms with van der Waals surface area (Å²) in [6.07, 6.45) is 2.53. The Labute approximate surface area is 220 Å². The highest BCUT2D eigenvalue weighted by Crippen LogP contribution is 2.32. The molecule has 0 spiro atoms. The lowest BCUT2D eigenvalue weighted by Crippen LogP contribution is -2.38. The molecule has 0 atom stereocenters. The van der Waals surface area contributed by atoms with Crippen molar-refractivity contribution < 1.29 is 18.8 Å². The third-order valence-electron chi connectivity index (χ3n) is 7.05. The summed E-state index contributed by atoms with van der Waals surface area (Å²) in [5, 5.41) is 9.97. The van der Waals surface area contributed by atoms with Gasteiger partial charge in [0.25, 0.3) is 11.8 Å². The lowest BCUT2D eigenvalue weighted by Gasteiger charge is -2.31. The highest BCUT2D eigenvalue weighted by atomic mass is 32.1. The molecule has 0 aliphatic carbocycles. The van der Waals surface area contributed by atoms with E-state index in [0.29, 0.717) is 42.3 Å². The Morgan fingerprint density at radius 3 is 2.62 bits per heavy atom. The zero-order valence-electron chi connectivity index (χ0n) is 21.1. The van der Waals surface area contributed by atoms with E-state index in [-0.39, 0.29) is 17.7 Å². The summed E-state index contributed by atoms with van der Waals surface area (Å²) in [4.78, 5) is 34.8. The molecule has 4 heterocycles. The predicted molar refractivity (Wildman–Crippen MR) is 141 cm³/mol. The topological polar surface area (TPSA) is 101 Å². The fourth-order valence-electron chi connectivity index (χ4n) is 4.90. The number of thiazole rings is 1. The molecule has 0 unspecified atom stereocenters. The smallest absolute Gasteiger partial charge is 0.270 e. The number of nitrogens with zero attached hydrogens (tertiary/aromatic N) is 4. The number of amides is 2. The van der Waals surface area contributed by atoms with E-state index >= 15 is 0 Å². The Bertz CT molecular complexity index is 1200. The number of hydrogen-bond donors (Lipinski definition) is 1. The summed E-state index contributed by atoms with van der Waals surface area (Å²) in [7, 11) is 0. The largest absolute Gasteiger partial charge is 0.379 e. The summed E-state index contributed by atoms with van der Waals surface area (Å²) in [6, 6.07) is 9.64. The molecule has 10 heteroatoms. The van der Waals surface area contributed by atoms with Crippen molar-refractivity contribution in [2.24, 2.45) is 0 Å². The van der Waals surface area contributed by atoms with Crippen LogP contribution in [0, 0.1) is 6.92 Å². The number of hydrogen-bond acceptors (Lipinski definition) is 8. The minimum atomic E-state index is -0.117. The first-order valence-corrected chi connectivity index (χ1v) is 13.8. The van der Waals surface area contributed by atoms with Crippen molar-refractivity contribution in [3.63, 3.8) is 0 Å². The molecule has 5 rings (SSSR count). The molecular weight excluding hydrogens is 490 g/mol. The average molecular weight is 524 g/mol. The molecule has 3 aromatic rings. The van der Waals surface area contributed by atoms with Gasteiger partial charge in [-0.05, 0) is 32.7 Å². The highest BCUT2D eigenvalue weighted by Gasteiger charge is 2.31. The van der Waals surface area contributed by atoms with Gasteiger partial charge in [-0.2, -0.15) is 0 Å². The Hall–Kier alpha value is -3.08. The molecule has 1 aromatic carbocycles. The second kappa shape index (κ2) is 12.0. The standard InChI is InChI=1S/C27H33N5O4S/c1-19-23(24(30-36-19)20-6-3-2-4-7-20)27(34)32-12-8-21(9-13-32)26-29-22(18-37-26)25(33)28-10-5-11-31-14-16-35-17-15-31/h2-4,6-7,18,21H,5,8-17H2,1H3,(H,28,33). The summed E-state index contributed by atoms with van der Waals surface area (Å²) in [6.45, 7) is 8.13. The minimum absolute atomic E-state index is 0.0488. The van der Waals surface area contributed by atoms with E-state index in [1.807, 2.05) is 40.6 Å². The van der Waals surface area contributed by atoms with Gasteiger partial charge >= 0.3 is 0 Å². The van der Waals surface area contributed by atoms with Crippen molar-refractivity contribution >= 4 is 23.2 Å². The van der Waals surface area contributed by atoms with Gasteiger partial charge < -0.3 is 19.5 Å². The normalized spacial score (nSPS) is 17.2. The Morgan fingerprint density at radius 2 is 1.86 bits per heavy atom. The first-order valence-electron chi connectivity index (χ1n) is 12.9. The van der Waals surface area contributed by atoms with E-state index in [1.165, 1.54) is 11.3 Å². The van der Waals surface area contributed by atoms with Crippen LogP contribution in [0.4, 0.5) is 0 Å². The van der Waals surface area contributed by atoms with Gasteiger partial charge in [-0.3, -0.25) is 14.5 Å². The van der Waals surface area contributed by atoms with Gasteiger partial charge in [-0.1, -0.05) is 35.5 Å². The SMILES string of the molecule is Cc1onc(-c2ccccc2)c1C(=O)N1CCC(c2nc(C(=O)NCCCN3CCOCC3)cs2)CC1. The van der Waals surface area contributed by atoms with E-state index in [4.69, 9.17) is 9.26 Å². The van der Waals surface area contributed by atoms with Crippen molar-refractivity contribution in [3.05, 3.63) is 57.7 Å². The van der Waals surface area contributed by atoms with Gasteiger partial charge in [0.1, 0.15) is 22.7 Å². The van der Waals surface area contributed by atoms with Crippen molar-refractivity contribution in [2.75, 3.05) is 52.5 Å². The number of nitrogens with one attached hydrogen (secondary N) is 1. The summed E-state index contributed by atoms with van der Waals surface area (Å²) >= 11 is 1.53. The Balaban J connectivity index is 1.12. The van der Waals surface area contributed by atoms with Gasteiger partial charge in [0, 0.05) is 49.6 Å². The zero-order valence-corrected chi connectivity index (χ0v) is 22.0. The number of likely N-dealkylation sites (tertiary alicyclic amines) is 1. The minimum Gasteiger partial charge on any atom is -0.379 e. The lowest BCUT2D eigenvalue weighted by atomic mass is 9.96. The van der Waals surface area contributed by atoms with Crippen LogP contribution >= 0.6 is 11.3 Å². The molecule has 2 fully saturated rings. The maximum absolute atomic E-state index is 13.4. The Morgan fingerprint density at radius 1 is 1.11 bits per heavy atom. The van der Waals surface area contributed by atoms with Crippen LogP contribution in [0.25, 0.3) is 11.3 Å². The van der Waals surface area contributed by atoms with Crippen LogP contribution in [0.15, 0.2) is 40.2 Å². The number of benzene rings is 1. The van der Waals surface area contributed by atoms with Crippen LogP contribution in [0.2, 0.25) is 0 Å². The number of morpholine rings is 1. The van der Waals surface area contributed by atoms with Crippen LogP contribution in [-0.4, -0.2) is 84.2 Å². The van der Waals surface area contributed by atoms with Crippen LogP contribution in [0.5, 0.6) is 0 Å². The van der Waals surface area contributed by atoms with Gasteiger partial charge in [-0.25, -0.2) is 4.98 Å². The van der Waals surface area contributed by atoms with Crippen molar-refractivity contribution in [1.82, 2.24) is 25.3 Å². The molecule has 2 saturated heterocycles. The first kappa shape index (κ1) is 25.6. The number of carbonyl (C=O) groups is 2. The van der Waals surface area contributed by atoms with Crippen molar-refractivity contribution in [2.45, 2.75) is 32.1 Å². The molecule has 37 heavy (non-hydrogen) atoms. The highest BCUT2D eigenvalue weighted by molar-refractivity contribution is 7.09. The second-order valence-electron chi connectivity index (χ2n) is 9.53. The van der Waals surface area contributed by atoms with Crippen LogP contribution < -0.4 is 5.32 Å². The van der Waals surface area contributed by atoms with Crippen LogP contribution in [0.1, 0.15) is 56.8 Å². The Kier molecular flexibility index (Phi) is 8.28. The van der Waals surface area contributed by atoms with Crippen LogP contribution in [-0.2, 0) is 4.74 Å². The molecule has 9 nitrogen and oxygen atoms in total. The first-order chi connectivity index (χ1) is 18.1. The summed E-state index contributed by atoms with van der Waals surface area (Å²) in [5.74, 6) is 0.612. The summed E-state index contributed by atoms with van der Waals surface area (Å²) < 4.78 is 10.8. The molecule has 0 radical (unpaired) electrons. The lowest BCUT2D eigenvalue weighted by molar-refractivity contribution is 0.0374. The number of aromatic nitrogens is 2. The maximum Gasteiger partial charge on any atom is 0.270 e. The van der Waals surface area contributed by atoms with Gasteiger partial charge in [0.05, 0.1) is 18.2 Å². The van der Waals surface area contributed by atoms with E-state index in [2.05, 4.69) is 20.4 Å². The van der Waals surface area contributed by atoms with E-state index in [1.54, 1.807) is 6.92 Å². The molecule has 2 amide bonds. The fraction of sp³-hybridized carbons (Fsp3) is 0.481. The fourth-order valence-corrected chi connectivity index (χ4v) is 5.88. The number of rotatable bonds is 8. The zero-order chi connectivity index (χ0) is 25.6. The van der Waals surface area contributed by atoms with E-state index in [0.717, 1.165) is 62.7 Å². The van der Waals surface area contributed by atoms with E-state index in [9.17, 15) is 9.59 Å². The number of piperidine rings is 1. The molecule has 0 bridgehead atoms. The third kappa shape index (κ3) is 6.08. The number of aryl methyl sites for hydroxylation is 1. The number of carbonyl (C=O) groups excluding carboxylic acids is 2. The quantitative estimate of drug-likeness (QED) is 0.451. The molecule has 2 aromatic heterocycles. The van der Waals surface area contributed by atoms with Crippen LogP contribution in [0.3, 0.4) is 0 Å². The van der Waals surface area contributed by atoms with Crippen molar-refractivity contribution in [1.29, 1.82) is 0 Å². The average Bonchev–Trinajstić information content (AvgIpc) is 3.59. The van der Waals surface area contributed by atoms with Crippen molar-refractivity contribution in [3.8, 4) is 11.3 Å². The second-order valence-corrected chi connectivity index (χ2v) is 10.4. The van der Waals surface area contributed by atoms with Gasteiger partial charge in [0.2, 0.25) is 0 Å². The van der Waals surface area contributed by atoms with Gasteiger partial charge in [0.15, 0.2) is 0 Å². The third-order valence-corrected chi connectivity index (χ3v) is 8.06. The van der Waals surface area contributed by atoms with E-state index < -0.39 is 0 Å².